The van der Waals surface area contributed by atoms with Gasteiger partial charge in [-0.15, -0.1) is 0 Å². The second kappa shape index (κ2) is 6.72. The van der Waals surface area contributed by atoms with E-state index in [1.54, 1.807) is 0 Å². The summed E-state index contributed by atoms with van der Waals surface area (Å²) in [4.78, 5) is 51.1. The lowest BCUT2D eigenvalue weighted by Gasteiger charge is -2.30. The predicted octanol–water partition coefficient (Wildman–Crippen LogP) is -1.25. The Morgan fingerprint density at radius 2 is 2.16 bits per heavy atom. The number of aliphatic carboxylic acids is 1. The van der Waals surface area contributed by atoms with Crippen LogP contribution in [-0.2, 0) is 28.8 Å². The van der Waals surface area contributed by atoms with Gasteiger partial charge in [0.25, 0.3) is 5.91 Å². The van der Waals surface area contributed by atoms with E-state index in [-0.39, 0.29) is 19.4 Å². The number of carboxylic acids is 1. The number of nitrogens with zero attached hydrogens (tertiary/aromatic N) is 1. The number of thiocarbonyl (C=S) groups is 1. The van der Waals surface area contributed by atoms with E-state index in [0.717, 1.165) is 0 Å². The van der Waals surface area contributed by atoms with E-state index in [9.17, 15) is 28.7 Å². The van der Waals surface area contributed by atoms with Gasteiger partial charge in [-0.25, -0.2) is 9.18 Å². The Bertz CT molecular complexity index is 671. The number of hydrogen-bond acceptors (Lipinski definition) is 7. The summed E-state index contributed by atoms with van der Waals surface area (Å²) in [6, 6.07) is -1.22. The molecule has 4 N–H and O–H groups in total. The average Bonchev–Trinajstić information content (AvgIpc) is 3.03. The van der Waals surface area contributed by atoms with Gasteiger partial charge in [0.2, 0.25) is 5.91 Å². The van der Waals surface area contributed by atoms with Crippen molar-refractivity contribution < 1.29 is 38.2 Å². The highest BCUT2D eigenvalue weighted by molar-refractivity contribution is 7.80. The number of nitrogens with one attached hydrogen (secondary N) is 1. The molecule has 0 radical (unpaired) electrons. The van der Waals surface area contributed by atoms with Gasteiger partial charge < -0.3 is 20.9 Å². The third-order valence-electron chi connectivity index (χ3n) is 3.66. The standard InChI is InChI=1S/C13H14FN3O7S/c1-5(14)8(9(15)19)10(25)16-6-4-23-17(11(6)20)13(12(21)22)3-2-7(18)24-13/h6,8H,1-4H2,(H2,15,19)(H,16,25)(H,21,22)/t6-,8?,13?/m0/s1. The van der Waals surface area contributed by atoms with Gasteiger partial charge >= 0.3 is 17.7 Å². The molecule has 12 heteroatoms. The zero-order valence-electron chi connectivity index (χ0n) is 12.7. The van der Waals surface area contributed by atoms with E-state index in [2.05, 4.69) is 11.9 Å². The maximum atomic E-state index is 13.3. The number of carboxylic acid groups (broad SMARTS) is 1. The Labute approximate surface area is 145 Å². The van der Waals surface area contributed by atoms with E-state index in [1.165, 1.54) is 0 Å². The first-order valence-electron chi connectivity index (χ1n) is 6.96. The summed E-state index contributed by atoms with van der Waals surface area (Å²) in [5.74, 6) is -7.16. The van der Waals surface area contributed by atoms with Crippen LogP contribution in [0.2, 0.25) is 0 Å². The van der Waals surface area contributed by atoms with Gasteiger partial charge in [-0.3, -0.25) is 19.2 Å². The number of esters is 1. The lowest BCUT2D eigenvalue weighted by Crippen LogP contribution is -2.57. The Kier molecular flexibility index (Phi) is 5.04. The molecule has 2 amide bonds. The van der Waals surface area contributed by atoms with Crippen molar-refractivity contribution in [1.29, 1.82) is 0 Å². The molecule has 0 bridgehead atoms. The molecule has 2 unspecified atom stereocenters. The second-order valence-corrected chi connectivity index (χ2v) is 5.78. The largest absolute Gasteiger partial charge is 0.477 e. The molecule has 25 heavy (non-hydrogen) atoms. The summed E-state index contributed by atoms with van der Waals surface area (Å²) >= 11 is 4.85. The van der Waals surface area contributed by atoms with E-state index in [4.69, 9.17) is 27.5 Å². The molecule has 2 aliphatic heterocycles. The van der Waals surface area contributed by atoms with Crippen molar-refractivity contribution in [2.75, 3.05) is 6.61 Å². The molecule has 2 rings (SSSR count). The van der Waals surface area contributed by atoms with Gasteiger partial charge in [-0.1, -0.05) is 18.8 Å². The number of primary amides is 1. The Hall–Kier alpha value is -2.60. The molecule has 0 spiro atoms. The van der Waals surface area contributed by atoms with Crippen LogP contribution in [0.5, 0.6) is 0 Å². The molecule has 2 heterocycles. The lowest BCUT2D eigenvalue weighted by atomic mass is 10.1. The van der Waals surface area contributed by atoms with Crippen LogP contribution in [0.15, 0.2) is 12.4 Å². The zero-order valence-corrected chi connectivity index (χ0v) is 13.5. The van der Waals surface area contributed by atoms with Crippen molar-refractivity contribution >= 4 is 41.0 Å². The van der Waals surface area contributed by atoms with Crippen LogP contribution in [0.1, 0.15) is 12.8 Å². The zero-order chi connectivity index (χ0) is 18.9. The molecule has 3 atom stereocenters. The number of hydrogen-bond donors (Lipinski definition) is 3. The summed E-state index contributed by atoms with van der Waals surface area (Å²) in [6.07, 6.45) is -0.503. The van der Waals surface area contributed by atoms with Crippen molar-refractivity contribution in [2.45, 2.75) is 24.6 Å². The first-order valence-corrected chi connectivity index (χ1v) is 7.37. The average molecular weight is 375 g/mol. The van der Waals surface area contributed by atoms with Crippen LogP contribution in [0.25, 0.3) is 0 Å². The Balaban J connectivity index is 2.15. The normalized spacial score (nSPS) is 26.9. The summed E-state index contributed by atoms with van der Waals surface area (Å²) in [5.41, 5.74) is 2.74. The fourth-order valence-corrected chi connectivity index (χ4v) is 2.82. The van der Waals surface area contributed by atoms with E-state index in [1.807, 2.05) is 0 Å². The van der Waals surface area contributed by atoms with Crippen molar-refractivity contribution in [3.8, 4) is 0 Å². The minimum Gasteiger partial charge on any atom is -0.477 e. The van der Waals surface area contributed by atoms with Crippen LogP contribution in [0, 0.1) is 5.92 Å². The fourth-order valence-electron chi connectivity index (χ4n) is 2.43. The van der Waals surface area contributed by atoms with E-state index in [0.29, 0.717) is 5.06 Å². The molecule has 2 fully saturated rings. The maximum Gasteiger partial charge on any atom is 0.372 e. The maximum absolute atomic E-state index is 13.3. The third-order valence-corrected chi connectivity index (χ3v) is 4.01. The molecule has 2 aliphatic rings. The summed E-state index contributed by atoms with van der Waals surface area (Å²) in [7, 11) is 0. The van der Waals surface area contributed by atoms with Gasteiger partial charge in [-0.05, 0) is 0 Å². The predicted molar refractivity (Wildman–Crippen MR) is 80.9 cm³/mol. The lowest BCUT2D eigenvalue weighted by molar-refractivity contribution is -0.256. The van der Waals surface area contributed by atoms with Crippen LogP contribution >= 0.6 is 12.2 Å². The number of rotatable bonds is 6. The number of ether oxygens (including phenoxy) is 1. The number of carbonyl (C=O) groups is 4. The number of halogens is 1. The molecule has 0 aromatic carbocycles. The topological polar surface area (TPSA) is 148 Å². The van der Waals surface area contributed by atoms with Gasteiger partial charge in [0, 0.05) is 6.42 Å². The minimum absolute atomic E-state index is 0.207. The number of nitrogens with two attached hydrogens (primary N) is 1. The number of hydroxylamine groups is 2. The Morgan fingerprint density at radius 3 is 2.60 bits per heavy atom. The van der Waals surface area contributed by atoms with Gasteiger partial charge in [-0.2, -0.15) is 5.06 Å². The van der Waals surface area contributed by atoms with Crippen LogP contribution in [0.3, 0.4) is 0 Å². The highest BCUT2D eigenvalue weighted by Crippen LogP contribution is 2.34. The quantitative estimate of drug-likeness (QED) is 0.382. The first-order chi connectivity index (χ1) is 11.6. The molecule has 0 aromatic heterocycles. The molecular weight excluding hydrogens is 361 g/mol. The first kappa shape index (κ1) is 18.7. The van der Waals surface area contributed by atoms with Crippen LogP contribution < -0.4 is 11.1 Å². The molecule has 0 saturated carbocycles. The highest BCUT2D eigenvalue weighted by atomic mass is 32.1. The molecule has 2 saturated heterocycles. The van der Waals surface area contributed by atoms with Gasteiger partial charge in [0.05, 0.1) is 11.4 Å². The third kappa shape index (κ3) is 3.30. The molecular formula is C13H14FN3O7S. The molecule has 0 aromatic rings. The van der Waals surface area contributed by atoms with Gasteiger partial charge in [0.15, 0.2) is 0 Å². The highest BCUT2D eigenvalue weighted by Gasteiger charge is 2.59. The monoisotopic (exact) mass is 375 g/mol. The summed E-state index contributed by atoms with van der Waals surface area (Å²) in [5, 5.41) is 12.2. The van der Waals surface area contributed by atoms with Crippen LogP contribution in [-0.4, -0.2) is 57.3 Å². The van der Waals surface area contributed by atoms with E-state index >= 15 is 0 Å². The molecule has 136 valence electrons. The fraction of sp³-hybridized carbons (Fsp3) is 0.462. The van der Waals surface area contributed by atoms with Crippen LogP contribution in [0.4, 0.5) is 4.39 Å². The summed E-state index contributed by atoms with van der Waals surface area (Å²) < 4.78 is 18.1. The molecule has 10 nitrogen and oxygen atoms in total. The molecule has 0 aliphatic carbocycles. The van der Waals surface area contributed by atoms with E-state index < -0.39 is 52.3 Å². The van der Waals surface area contributed by atoms with Crippen molar-refractivity contribution in [1.82, 2.24) is 10.4 Å². The minimum atomic E-state index is -2.28. The number of cyclic esters (lactones) is 1. The number of amides is 2. The van der Waals surface area contributed by atoms with Crippen molar-refractivity contribution in [2.24, 2.45) is 11.7 Å². The smallest absolute Gasteiger partial charge is 0.372 e. The summed E-state index contributed by atoms with van der Waals surface area (Å²) in [6.45, 7) is 2.58. The van der Waals surface area contributed by atoms with Gasteiger partial charge in [0.1, 0.15) is 24.4 Å². The Morgan fingerprint density at radius 1 is 1.52 bits per heavy atom. The second-order valence-electron chi connectivity index (χ2n) is 5.34. The SMILES string of the molecule is C=C(F)C(C(N)=O)C(=S)N[C@H]1CON(C2(C(=O)O)CCC(=O)O2)C1=O. The van der Waals surface area contributed by atoms with Crippen molar-refractivity contribution in [3.05, 3.63) is 12.4 Å². The number of carbonyl (C=O) groups excluding carboxylic acids is 3. The van der Waals surface area contributed by atoms with Crippen molar-refractivity contribution in [3.63, 3.8) is 0 Å².